The number of hydrogen-bond acceptors (Lipinski definition) is 10. The van der Waals surface area contributed by atoms with Crippen LogP contribution in [-0.2, 0) is 11.3 Å². The molecule has 0 unspecified atom stereocenters. The van der Waals surface area contributed by atoms with Gasteiger partial charge in [0.15, 0.2) is 11.5 Å². The lowest BCUT2D eigenvalue weighted by molar-refractivity contribution is -0.120. The van der Waals surface area contributed by atoms with Crippen LogP contribution in [0.5, 0.6) is 5.88 Å². The number of carbonyl (C=O) groups is 4. The van der Waals surface area contributed by atoms with Crippen LogP contribution in [0.4, 0.5) is 0 Å². The zero-order valence-corrected chi connectivity index (χ0v) is 20.7. The number of nitrogens with zero attached hydrogens (tertiary/aromatic N) is 5. The van der Waals surface area contributed by atoms with Crippen molar-refractivity contribution in [1.29, 1.82) is 0 Å². The van der Waals surface area contributed by atoms with E-state index < -0.39 is 35.6 Å². The Bertz CT molecular complexity index is 1810. The Kier molecular flexibility index (Phi) is 6.53. The van der Waals surface area contributed by atoms with Gasteiger partial charge in [-0.05, 0) is 35.4 Å². The molecule has 0 radical (unpaired) electrons. The van der Waals surface area contributed by atoms with Crippen LogP contribution in [-0.4, -0.2) is 58.7 Å². The van der Waals surface area contributed by atoms with E-state index in [1.165, 1.54) is 24.3 Å². The number of aryl methyl sites for hydroxylation is 1. The van der Waals surface area contributed by atoms with Crippen LogP contribution in [0.1, 0.15) is 54.4 Å². The Morgan fingerprint density at radius 1 is 1.05 bits per heavy atom. The normalized spacial score (nSPS) is 11.8. The summed E-state index contributed by atoms with van der Waals surface area (Å²) < 4.78 is 6.41. The molecule has 2 aromatic carbocycles. The van der Waals surface area contributed by atoms with Crippen molar-refractivity contribution in [2.24, 2.45) is 5.73 Å². The minimum absolute atomic E-state index is 0.0270. The molecule has 6 N–H and O–H groups in total. The molecule has 3 aromatic heterocycles. The number of carboxylic acid groups (broad SMARTS) is 1. The number of aromatic hydroxyl groups is 1. The predicted octanol–water partition coefficient (Wildman–Crippen LogP) is 0.864. The number of nitrogens with one attached hydrogen (secondary N) is 2. The highest BCUT2D eigenvalue weighted by Gasteiger charge is 2.25. The van der Waals surface area contributed by atoms with Gasteiger partial charge in [0, 0.05) is 19.5 Å². The summed E-state index contributed by atoms with van der Waals surface area (Å²) in [4.78, 5) is 57.8. The Hall–Kier alpha value is -5.86. The predicted molar refractivity (Wildman–Crippen MR) is 135 cm³/mol. The molecule has 0 aliphatic carbocycles. The van der Waals surface area contributed by atoms with Gasteiger partial charge in [0.2, 0.25) is 11.6 Å². The first kappa shape index (κ1) is 25.8. The van der Waals surface area contributed by atoms with Crippen molar-refractivity contribution in [2.75, 3.05) is 0 Å². The third kappa shape index (κ3) is 4.98. The second kappa shape index (κ2) is 10.1. The van der Waals surface area contributed by atoms with E-state index in [-0.39, 0.29) is 34.7 Å². The van der Waals surface area contributed by atoms with Crippen molar-refractivity contribution in [3.8, 4) is 5.88 Å². The minimum Gasteiger partial charge on any atom is -0.489 e. The molecule has 40 heavy (non-hydrogen) atoms. The van der Waals surface area contributed by atoms with Gasteiger partial charge in [-0.25, -0.2) is 14.8 Å². The average Bonchev–Trinajstić information content (AvgIpc) is 3.50. The standard InChI is InChI=1S/C25H20N8O7/c1-11-28-15-8-12(2-7-18(15)40-11)10-27-23(36)17-9-16(29-21-24(37)31-32-33(17)21)22(35)30-19(20(26)34)13-3-5-14(6-4-13)25(38)39/h2-9,19,37H,10H2,1H3,(H2,26,34)(H,27,36)(H,30,35)(H,38,39)/t19-/m1/s1. The van der Waals surface area contributed by atoms with Crippen LogP contribution in [0, 0.1) is 6.92 Å². The fourth-order valence-electron chi connectivity index (χ4n) is 3.96. The van der Waals surface area contributed by atoms with Gasteiger partial charge in [0.05, 0.1) is 5.56 Å². The molecule has 15 nitrogen and oxygen atoms in total. The molecule has 15 heteroatoms. The van der Waals surface area contributed by atoms with Crippen molar-refractivity contribution >= 4 is 40.4 Å². The van der Waals surface area contributed by atoms with Crippen LogP contribution in [0.2, 0.25) is 0 Å². The molecule has 0 fully saturated rings. The highest BCUT2D eigenvalue weighted by atomic mass is 16.4. The summed E-state index contributed by atoms with van der Waals surface area (Å²) in [5.74, 6) is -3.80. The number of oxazole rings is 1. The van der Waals surface area contributed by atoms with Gasteiger partial charge in [-0.1, -0.05) is 28.5 Å². The number of aromatic carboxylic acids is 1. The van der Waals surface area contributed by atoms with Gasteiger partial charge in [-0.15, -0.1) is 0 Å². The summed E-state index contributed by atoms with van der Waals surface area (Å²) in [6.07, 6.45) is 0. The minimum atomic E-state index is -1.35. The van der Waals surface area contributed by atoms with Gasteiger partial charge >= 0.3 is 5.97 Å². The maximum Gasteiger partial charge on any atom is 0.335 e. The number of fused-ring (bicyclic) bond motifs is 2. The lowest BCUT2D eigenvalue weighted by Crippen LogP contribution is -2.38. The Morgan fingerprint density at radius 3 is 2.50 bits per heavy atom. The van der Waals surface area contributed by atoms with Crippen molar-refractivity contribution in [3.05, 3.63) is 82.5 Å². The second-order valence-corrected chi connectivity index (χ2v) is 8.63. The molecule has 0 saturated heterocycles. The maximum absolute atomic E-state index is 13.1. The van der Waals surface area contributed by atoms with Crippen LogP contribution in [0.3, 0.4) is 0 Å². The van der Waals surface area contributed by atoms with Crippen LogP contribution < -0.4 is 16.4 Å². The van der Waals surface area contributed by atoms with E-state index in [0.717, 1.165) is 16.1 Å². The molecule has 0 spiro atoms. The molecule has 3 heterocycles. The number of benzene rings is 2. The van der Waals surface area contributed by atoms with E-state index in [1.807, 2.05) is 0 Å². The molecule has 0 aliphatic rings. The van der Waals surface area contributed by atoms with Gasteiger partial charge in [0.1, 0.15) is 22.9 Å². The number of primary amides is 1. The first-order valence-electron chi connectivity index (χ1n) is 11.6. The molecule has 1 atom stereocenters. The highest BCUT2D eigenvalue weighted by Crippen LogP contribution is 2.19. The van der Waals surface area contributed by atoms with Crippen molar-refractivity contribution in [3.63, 3.8) is 0 Å². The van der Waals surface area contributed by atoms with E-state index in [9.17, 15) is 24.3 Å². The van der Waals surface area contributed by atoms with E-state index in [1.54, 1.807) is 25.1 Å². The average molecular weight is 544 g/mol. The molecule has 5 rings (SSSR count). The largest absolute Gasteiger partial charge is 0.489 e. The monoisotopic (exact) mass is 544 g/mol. The van der Waals surface area contributed by atoms with Crippen molar-refractivity contribution < 1.29 is 33.8 Å². The van der Waals surface area contributed by atoms with Crippen molar-refractivity contribution in [2.45, 2.75) is 19.5 Å². The number of rotatable bonds is 8. The first-order chi connectivity index (χ1) is 19.1. The number of hydrogen-bond donors (Lipinski definition) is 5. The van der Waals surface area contributed by atoms with E-state index in [4.69, 9.17) is 15.3 Å². The smallest absolute Gasteiger partial charge is 0.335 e. The fourth-order valence-corrected chi connectivity index (χ4v) is 3.96. The molecular weight excluding hydrogens is 524 g/mol. The van der Waals surface area contributed by atoms with Gasteiger partial charge < -0.3 is 31.0 Å². The zero-order chi connectivity index (χ0) is 28.6. The second-order valence-electron chi connectivity index (χ2n) is 8.63. The SMILES string of the molecule is Cc1nc2cc(CNC(=O)c3cc(C(=O)N[C@@H](C(N)=O)c4ccc(C(=O)O)cc4)nc4c(O)nnn34)ccc2o1. The molecule has 0 aliphatic heterocycles. The molecule has 202 valence electrons. The Morgan fingerprint density at radius 2 is 1.80 bits per heavy atom. The van der Waals surface area contributed by atoms with Gasteiger partial charge in [0.25, 0.3) is 17.7 Å². The zero-order valence-electron chi connectivity index (χ0n) is 20.7. The molecular formula is C25H20N8O7. The lowest BCUT2D eigenvalue weighted by atomic mass is 10.0. The lowest BCUT2D eigenvalue weighted by Gasteiger charge is -2.16. The Labute approximate surface area is 223 Å². The summed E-state index contributed by atoms with van der Waals surface area (Å²) in [5, 5.41) is 31.5. The number of aromatic nitrogens is 5. The molecule has 5 aromatic rings. The summed E-state index contributed by atoms with van der Waals surface area (Å²) >= 11 is 0. The third-order valence-corrected chi connectivity index (χ3v) is 5.89. The number of amides is 3. The third-order valence-electron chi connectivity index (χ3n) is 5.89. The number of carboxylic acids is 1. The maximum atomic E-state index is 13.1. The van der Waals surface area contributed by atoms with Crippen LogP contribution in [0.25, 0.3) is 16.7 Å². The van der Waals surface area contributed by atoms with E-state index in [0.29, 0.717) is 17.0 Å². The highest BCUT2D eigenvalue weighted by molar-refractivity contribution is 6.00. The van der Waals surface area contributed by atoms with Crippen LogP contribution in [0.15, 0.2) is 52.9 Å². The van der Waals surface area contributed by atoms with E-state index >= 15 is 0 Å². The van der Waals surface area contributed by atoms with Crippen molar-refractivity contribution in [1.82, 2.24) is 35.4 Å². The van der Waals surface area contributed by atoms with Crippen LogP contribution >= 0.6 is 0 Å². The topological polar surface area (TPSA) is 228 Å². The summed E-state index contributed by atoms with van der Waals surface area (Å²) in [7, 11) is 0. The fraction of sp³-hybridized carbons (Fsp3) is 0.120. The van der Waals surface area contributed by atoms with Gasteiger partial charge in [-0.3, -0.25) is 14.4 Å². The van der Waals surface area contributed by atoms with E-state index in [2.05, 4.69) is 30.9 Å². The first-order valence-corrected chi connectivity index (χ1v) is 11.6. The van der Waals surface area contributed by atoms with Gasteiger partial charge in [-0.2, -0.15) is 4.52 Å². The molecule has 3 amide bonds. The Balaban J connectivity index is 1.40. The molecule has 0 saturated carbocycles. The summed E-state index contributed by atoms with van der Waals surface area (Å²) in [6, 6.07) is 10.2. The number of nitrogens with two attached hydrogens (primary N) is 1. The molecule has 0 bridgehead atoms. The number of carbonyl (C=O) groups excluding carboxylic acids is 3. The summed E-state index contributed by atoms with van der Waals surface area (Å²) in [5.41, 5.74) is 6.81. The summed E-state index contributed by atoms with van der Waals surface area (Å²) in [6.45, 7) is 1.81. The quantitative estimate of drug-likeness (QED) is 0.184.